The van der Waals surface area contributed by atoms with Crippen molar-refractivity contribution in [2.45, 2.75) is 10.2 Å². The number of fused-ring (bicyclic) bond motifs is 2. The zero-order valence-corrected chi connectivity index (χ0v) is 20.4. The minimum absolute atomic E-state index is 0.210. The van der Waals surface area contributed by atoms with Crippen LogP contribution >= 0.6 is 11.8 Å². The van der Waals surface area contributed by atoms with E-state index in [-0.39, 0.29) is 11.4 Å². The third-order valence-electron chi connectivity index (χ3n) is 6.03. The fraction of sp³-hybridized carbons (Fsp3) is 0.0345. The number of nitrogens with zero attached hydrogens (tertiary/aromatic N) is 4. The zero-order chi connectivity index (χ0) is 25.4. The van der Waals surface area contributed by atoms with E-state index >= 15 is 0 Å². The Kier molecular flexibility index (Phi) is 5.86. The molecule has 0 spiro atoms. The first-order chi connectivity index (χ1) is 18.1. The Balaban J connectivity index is 1.57. The summed E-state index contributed by atoms with van der Waals surface area (Å²) in [6, 6.07) is 28.5. The van der Waals surface area contributed by atoms with E-state index in [0.717, 1.165) is 16.3 Å². The zero-order valence-electron chi connectivity index (χ0n) is 19.6. The van der Waals surface area contributed by atoms with Crippen molar-refractivity contribution in [3.05, 3.63) is 113 Å². The predicted molar refractivity (Wildman–Crippen MR) is 143 cm³/mol. The lowest BCUT2D eigenvalue weighted by Gasteiger charge is -2.16. The normalized spacial score (nSPS) is 11.2. The summed E-state index contributed by atoms with van der Waals surface area (Å²) in [5, 5.41) is 12.2. The van der Waals surface area contributed by atoms with Gasteiger partial charge >= 0.3 is 0 Å². The number of rotatable bonds is 5. The maximum absolute atomic E-state index is 13.7. The number of aromatic nitrogens is 4. The van der Waals surface area contributed by atoms with Gasteiger partial charge in [-0.15, -0.1) is 10.2 Å². The first-order valence-corrected chi connectivity index (χ1v) is 12.3. The third kappa shape index (κ3) is 4.11. The molecule has 37 heavy (non-hydrogen) atoms. The van der Waals surface area contributed by atoms with Gasteiger partial charge < -0.3 is 4.74 Å². The summed E-state index contributed by atoms with van der Waals surface area (Å²) in [6.07, 6.45) is 0. The molecule has 4 aromatic carbocycles. The van der Waals surface area contributed by atoms with E-state index in [4.69, 9.17) is 9.72 Å². The molecule has 0 unspecified atom stereocenters. The molecule has 8 heteroatoms. The molecule has 0 aliphatic carbocycles. The van der Waals surface area contributed by atoms with Crippen LogP contribution in [0.3, 0.4) is 0 Å². The van der Waals surface area contributed by atoms with Gasteiger partial charge in [-0.3, -0.25) is 9.36 Å². The van der Waals surface area contributed by atoms with Crippen LogP contribution < -0.4 is 10.3 Å². The van der Waals surface area contributed by atoms with Crippen molar-refractivity contribution in [2.24, 2.45) is 0 Å². The van der Waals surface area contributed by atoms with Crippen LogP contribution in [0.5, 0.6) is 5.75 Å². The van der Waals surface area contributed by atoms with Gasteiger partial charge in [0.05, 0.1) is 23.7 Å². The van der Waals surface area contributed by atoms with Gasteiger partial charge in [-0.25, -0.2) is 9.37 Å². The number of ether oxygens (including phenoxy) is 1. The molecule has 6 aromatic rings. The molecule has 6 nitrogen and oxygen atoms in total. The van der Waals surface area contributed by atoms with Gasteiger partial charge in [0.25, 0.3) is 5.56 Å². The van der Waals surface area contributed by atoms with Crippen LogP contribution in [-0.2, 0) is 0 Å². The van der Waals surface area contributed by atoms with Crippen molar-refractivity contribution in [3.8, 4) is 22.7 Å². The Hall–Kier alpha value is -4.56. The Morgan fingerprint density at radius 1 is 0.784 bits per heavy atom. The van der Waals surface area contributed by atoms with Gasteiger partial charge in [-0.2, -0.15) is 0 Å². The fourth-order valence-electron chi connectivity index (χ4n) is 4.27. The number of methoxy groups -OCH3 is 1. The first kappa shape index (κ1) is 22.9. The van der Waals surface area contributed by atoms with Crippen molar-refractivity contribution in [1.82, 2.24) is 19.7 Å². The van der Waals surface area contributed by atoms with Crippen molar-refractivity contribution in [2.75, 3.05) is 7.11 Å². The third-order valence-corrected chi connectivity index (χ3v) is 6.98. The molecule has 0 fully saturated rings. The summed E-state index contributed by atoms with van der Waals surface area (Å²) in [5.41, 5.74) is 2.36. The molecule has 0 saturated heterocycles. The van der Waals surface area contributed by atoms with Crippen LogP contribution in [0.15, 0.2) is 112 Å². The van der Waals surface area contributed by atoms with Gasteiger partial charge in [-0.1, -0.05) is 48.5 Å². The maximum atomic E-state index is 13.7. The molecular formula is C29H19FN4O2S. The molecule has 0 amide bonds. The molecule has 180 valence electrons. The Labute approximate surface area is 215 Å². The van der Waals surface area contributed by atoms with E-state index in [1.165, 1.54) is 23.9 Å². The molecule has 0 saturated carbocycles. The summed E-state index contributed by atoms with van der Waals surface area (Å²) in [4.78, 5) is 18.6. The average molecular weight is 507 g/mol. The first-order valence-electron chi connectivity index (χ1n) is 11.5. The Morgan fingerprint density at radius 2 is 1.46 bits per heavy atom. The van der Waals surface area contributed by atoms with Crippen LogP contribution in [0.2, 0.25) is 0 Å². The van der Waals surface area contributed by atoms with Gasteiger partial charge in [0.1, 0.15) is 22.3 Å². The van der Waals surface area contributed by atoms with Crippen LogP contribution in [0.1, 0.15) is 0 Å². The number of hydrogen-bond acceptors (Lipinski definition) is 6. The van der Waals surface area contributed by atoms with Gasteiger partial charge in [-0.05, 0) is 60.3 Å². The second kappa shape index (κ2) is 9.48. The van der Waals surface area contributed by atoms with Gasteiger partial charge in [0.15, 0.2) is 5.16 Å². The molecule has 6 rings (SSSR count). The van der Waals surface area contributed by atoms with Crippen LogP contribution in [0.25, 0.3) is 38.6 Å². The summed E-state index contributed by atoms with van der Waals surface area (Å²) >= 11 is 1.26. The number of hydrogen-bond donors (Lipinski definition) is 0. The Bertz CT molecular complexity index is 1840. The summed E-state index contributed by atoms with van der Waals surface area (Å²) in [6.45, 7) is 0. The van der Waals surface area contributed by atoms with E-state index in [1.54, 1.807) is 35.9 Å². The van der Waals surface area contributed by atoms with Crippen molar-refractivity contribution >= 4 is 33.4 Å². The number of halogens is 1. The van der Waals surface area contributed by atoms with Crippen LogP contribution in [0.4, 0.5) is 4.39 Å². The quantitative estimate of drug-likeness (QED) is 0.256. The summed E-state index contributed by atoms with van der Waals surface area (Å²) in [5.74, 6) is 0.232. The summed E-state index contributed by atoms with van der Waals surface area (Å²) in [7, 11) is 1.57. The second-order valence-corrected chi connectivity index (χ2v) is 9.19. The van der Waals surface area contributed by atoms with Gasteiger partial charge in [0, 0.05) is 16.3 Å². The maximum Gasteiger partial charge on any atom is 0.266 e. The molecule has 0 radical (unpaired) electrons. The Morgan fingerprint density at radius 3 is 2.24 bits per heavy atom. The molecule has 2 aromatic heterocycles. The largest absolute Gasteiger partial charge is 0.495 e. The van der Waals surface area contributed by atoms with E-state index in [1.807, 2.05) is 60.7 Å². The lowest BCUT2D eigenvalue weighted by molar-refractivity contribution is 0.411. The highest BCUT2D eigenvalue weighted by atomic mass is 32.2. The number of benzene rings is 4. The van der Waals surface area contributed by atoms with Crippen molar-refractivity contribution < 1.29 is 9.13 Å². The monoisotopic (exact) mass is 506 g/mol. The lowest BCUT2D eigenvalue weighted by Crippen LogP contribution is -2.22. The molecule has 2 heterocycles. The molecule has 0 bridgehead atoms. The summed E-state index contributed by atoms with van der Waals surface area (Å²) < 4.78 is 20.6. The molecule has 0 N–H and O–H groups in total. The van der Waals surface area contributed by atoms with Crippen molar-refractivity contribution in [3.63, 3.8) is 0 Å². The predicted octanol–water partition coefficient (Wildman–Crippen LogP) is 6.29. The van der Waals surface area contributed by atoms with E-state index in [2.05, 4.69) is 10.2 Å². The highest BCUT2D eigenvalue weighted by Gasteiger charge is 2.19. The minimum atomic E-state index is -0.315. The average Bonchev–Trinajstić information content (AvgIpc) is 2.94. The van der Waals surface area contributed by atoms with E-state index in [0.29, 0.717) is 38.2 Å². The smallest absolute Gasteiger partial charge is 0.266 e. The van der Waals surface area contributed by atoms with Crippen LogP contribution in [-0.4, -0.2) is 26.9 Å². The number of para-hydroxylation sites is 3. The van der Waals surface area contributed by atoms with E-state index < -0.39 is 0 Å². The second-order valence-electron chi connectivity index (χ2n) is 8.23. The van der Waals surface area contributed by atoms with Crippen LogP contribution in [0, 0.1) is 5.82 Å². The highest BCUT2D eigenvalue weighted by Crippen LogP contribution is 2.36. The standard InChI is InChI=1S/C29H19FN4O2S/c1-36-25-13-7-6-12-24(25)34-28(35)22-10-4-5-11-23(22)31-29(34)37-27-21-9-3-2-8-20(21)26(32-33-27)18-14-16-19(30)17-15-18/h2-17H,1H3. The van der Waals surface area contributed by atoms with Gasteiger partial charge in [0.2, 0.25) is 0 Å². The molecule has 0 aliphatic rings. The van der Waals surface area contributed by atoms with E-state index in [9.17, 15) is 9.18 Å². The topological polar surface area (TPSA) is 69.9 Å². The fourth-order valence-corrected chi connectivity index (χ4v) is 5.23. The minimum Gasteiger partial charge on any atom is -0.495 e. The molecular weight excluding hydrogens is 487 g/mol. The molecule has 0 atom stereocenters. The molecule has 0 aliphatic heterocycles. The van der Waals surface area contributed by atoms with Crippen molar-refractivity contribution in [1.29, 1.82) is 0 Å². The highest BCUT2D eigenvalue weighted by molar-refractivity contribution is 7.99. The SMILES string of the molecule is COc1ccccc1-n1c(Sc2nnc(-c3ccc(F)cc3)c3ccccc23)nc2ccccc2c1=O. The lowest BCUT2D eigenvalue weighted by atomic mass is 10.1.